The second-order valence-corrected chi connectivity index (χ2v) is 3.28. The van der Waals surface area contributed by atoms with Crippen LogP contribution in [-0.2, 0) is 14.2 Å². The molecule has 0 aliphatic rings. The number of hydrogen-bond acceptors (Lipinski definition) is 5. The molecule has 0 aliphatic heterocycles. The largest absolute Gasteiger partial charge is 0.450 e. The van der Waals surface area contributed by atoms with Crippen LogP contribution in [0.25, 0.3) is 0 Å². The summed E-state index contributed by atoms with van der Waals surface area (Å²) >= 11 is 0. The van der Waals surface area contributed by atoms with Crippen molar-refractivity contribution in [2.75, 3.05) is 34.0 Å². The number of ether oxygens (including phenoxy) is 3. The van der Waals surface area contributed by atoms with Crippen molar-refractivity contribution < 1.29 is 24.1 Å². The number of methoxy groups -OCH3 is 2. The summed E-state index contributed by atoms with van der Waals surface area (Å²) < 4.78 is 14.9. The Labute approximate surface area is 96.1 Å². The summed E-state index contributed by atoms with van der Waals surface area (Å²) in [5, 5.41) is 9.05. The van der Waals surface area contributed by atoms with Gasteiger partial charge in [-0.1, -0.05) is 0 Å². The number of aliphatic hydroxyl groups is 1. The molecule has 0 aromatic heterocycles. The molecule has 0 bridgehead atoms. The number of carbonyl (C=O) groups excluding carboxylic acids is 1. The number of rotatable bonds is 7. The third-order valence-electron chi connectivity index (χ3n) is 2.17. The van der Waals surface area contributed by atoms with E-state index in [1.54, 1.807) is 13.8 Å². The van der Waals surface area contributed by atoms with E-state index in [4.69, 9.17) is 19.3 Å². The zero-order valence-electron chi connectivity index (χ0n) is 10.3. The molecule has 6 nitrogen and oxygen atoms in total. The molecule has 1 amide bonds. The van der Waals surface area contributed by atoms with Gasteiger partial charge in [0.25, 0.3) is 0 Å². The SMILES string of the molecule is CCOC(=O)N(CC(OC)OC)[C@H](C)CO. The molecule has 0 saturated carbocycles. The Kier molecular flexibility index (Phi) is 7.88. The highest BCUT2D eigenvalue weighted by Gasteiger charge is 2.24. The molecular weight excluding hydrogens is 214 g/mol. The Morgan fingerprint density at radius 1 is 1.38 bits per heavy atom. The molecule has 0 radical (unpaired) electrons. The summed E-state index contributed by atoms with van der Waals surface area (Å²) in [6, 6.07) is -0.341. The summed E-state index contributed by atoms with van der Waals surface area (Å²) in [5.74, 6) is 0. The van der Waals surface area contributed by atoms with E-state index in [1.807, 2.05) is 0 Å². The van der Waals surface area contributed by atoms with Crippen LogP contribution < -0.4 is 0 Å². The highest BCUT2D eigenvalue weighted by Crippen LogP contribution is 2.05. The first-order valence-corrected chi connectivity index (χ1v) is 5.20. The van der Waals surface area contributed by atoms with Gasteiger partial charge < -0.3 is 19.3 Å². The maximum atomic E-state index is 11.6. The van der Waals surface area contributed by atoms with Gasteiger partial charge in [0.15, 0.2) is 6.29 Å². The van der Waals surface area contributed by atoms with Crippen molar-refractivity contribution >= 4 is 6.09 Å². The van der Waals surface area contributed by atoms with Crippen LogP contribution in [0.15, 0.2) is 0 Å². The molecule has 0 rings (SSSR count). The highest BCUT2D eigenvalue weighted by atomic mass is 16.7. The van der Waals surface area contributed by atoms with Crippen LogP contribution in [0, 0.1) is 0 Å². The molecule has 0 aromatic rings. The molecule has 0 fully saturated rings. The molecule has 6 heteroatoms. The average molecular weight is 235 g/mol. The van der Waals surface area contributed by atoms with Crippen molar-refractivity contribution in [3.8, 4) is 0 Å². The third kappa shape index (κ3) is 4.78. The molecule has 1 N–H and O–H groups in total. The average Bonchev–Trinajstić information content (AvgIpc) is 2.30. The van der Waals surface area contributed by atoms with Gasteiger partial charge in [-0.25, -0.2) is 4.79 Å². The lowest BCUT2D eigenvalue weighted by molar-refractivity contribution is -0.118. The molecule has 0 aliphatic carbocycles. The van der Waals surface area contributed by atoms with Crippen molar-refractivity contribution in [2.45, 2.75) is 26.2 Å². The fourth-order valence-electron chi connectivity index (χ4n) is 1.15. The van der Waals surface area contributed by atoms with E-state index in [0.29, 0.717) is 0 Å². The molecular formula is C10H21NO5. The maximum absolute atomic E-state index is 11.6. The van der Waals surface area contributed by atoms with Crippen LogP contribution in [0.1, 0.15) is 13.8 Å². The van der Waals surface area contributed by atoms with E-state index < -0.39 is 12.4 Å². The fourth-order valence-corrected chi connectivity index (χ4v) is 1.15. The molecule has 0 heterocycles. The summed E-state index contributed by atoms with van der Waals surface area (Å²) in [4.78, 5) is 13.0. The number of aliphatic hydroxyl groups excluding tert-OH is 1. The molecule has 0 unspecified atom stereocenters. The molecule has 1 atom stereocenters. The summed E-state index contributed by atoms with van der Waals surface area (Å²) in [6.45, 7) is 3.81. The Morgan fingerprint density at radius 3 is 2.31 bits per heavy atom. The van der Waals surface area contributed by atoms with Gasteiger partial charge in [0.05, 0.1) is 25.8 Å². The van der Waals surface area contributed by atoms with E-state index in [9.17, 15) is 4.79 Å². The molecule has 16 heavy (non-hydrogen) atoms. The second kappa shape index (κ2) is 8.32. The van der Waals surface area contributed by atoms with E-state index >= 15 is 0 Å². The minimum atomic E-state index is -0.529. The topological polar surface area (TPSA) is 68.2 Å². The standard InChI is InChI=1S/C10H21NO5/c1-5-16-10(13)11(8(2)7-12)6-9(14-3)15-4/h8-9,12H,5-7H2,1-4H3/t8-/m1/s1. The van der Waals surface area contributed by atoms with Crippen molar-refractivity contribution in [1.29, 1.82) is 0 Å². The number of nitrogens with zero attached hydrogens (tertiary/aromatic N) is 1. The van der Waals surface area contributed by atoms with Gasteiger partial charge in [-0.05, 0) is 13.8 Å². The van der Waals surface area contributed by atoms with Crippen LogP contribution in [0.2, 0.25) is 0 Å². The van der Waals surface area contributed by atoms with Crippen LogP contribution in [0.4, 0.5) is 4.79 Å². The molecule has 0 saturated heterocycles. The Morgan fingerprint density at radius 2 is 1.94 bits per heavy atom. The Bertz CT molecular complexity index is 196. The number of hydrogen-bond donors (Lipinski definition) is 1. The minimum Gasteiger partial charge on any atom is -0.450 e. The van der Waals surface area contributed by atoms with Crippen LogP contribution in [0.3, 0.4) is 0 Å². The Hall–Kier alpha value is -0.850. The lowest BCUT2D eigenvalue weighted by Gasteiger charge is -2.29. The monoisotopic (exact) mass is 235 g/mol. The van der Waals surface area contributed by atoms with Crippen LogP contribution in [-0.4, -0.2) is 62.4 Å². The van der Waals surface area contributed by atoms with E-state index in [0.717, 1.165) is 0 Å². The zero-order valence-corrected chi connectivity index (χ0v) is 10.3. The summed E-state index contributed by atoms with van der Waals surface area (Å²) in [7, 11) is 2.97. The predicted molar refractivity (Wildman–Crippen MR) is 58.1 cm³/mol. The lowest BCUT2D eigenvalue weighted by Crippen LogP contribution is -2.46. The van der Waals surface area contributed by atoms with Gasteiger partial charge in [0.1, 0.15) is 0 Å². The van der Waals surface area contributed by atoms with Gasteiger partial charge in [0.2, 0.25) is 0 Å². The van der Waals surface area contributed by atoms with Crippen molar-refractivity contribution in [2.24, 2.45) is 0 Å². The fraction of sp³-hybridized carbons (Fsp3) is 0.900. The van der Waals surface area contributed by atoms with Gasteiger partial charge >= 0.3 is 6.09 Å². The van der Waals surface area contributed by atoms with E-state index in [1.165, 1.54) is 19.1 Å². The van der Waals surface area contributed by atoms with E-state index in [2.05, 4.69) is 0 Å². The normalized spacial score (nSPS) is 12.6. The Balaban J connectivity index is 4.47. The van der Waals surface area contributed by atoms with Gasteiger partial charge in [-0.3, -0.25) is 4.90 Å². The summed E-state index contributed by atoms with van der Waals surface area (Å²) in [6.07, 6.45) is -1.01. The summed E-state index contributed by atoms with van der Waals surface area (Å²) in [5.41, 5.74) is 0. The van der Waals surface area contributed by atoms with Gasteiger partial charge in [0, 0.05) is 14.2 Å². The molecule has 0 spiro atoms. The van der Waals surface area contributed by atoms with E-state index in [-0.39, 0.29) is 25.8 Å². The maximum Gasteiger partial charge on any atom is 0.410 e. The minimum absolute atomic E-state index is 0.140. The second-order valence-electron chi connectivity index (χ2n) is 3.28. The predicted octanol–water partition coefficient (Wildman–Crippen LogP) is 0.445. The first-order chi connectivity index (χ1) is 7.60. The van der Waals surface area contributed by atoms with Crippen LogP contribution in [0.5, 0.6) is 0 Å². The van der Waals surface area contributed by atoms with Crippen molar-refractivity contribution in [3.05, 3.63) is 0 Å². The molecule has 96 valence electrons. The first-order valence-electron chi connectivity index (χ1n) is 5.20. The zero-order chi connectivity index (χ0) is 12.6. The lowest BCUT2D eigenvalue weighted by atomic mass is 10.3. The van der Waals surface area contributed by atoms with Crippen molar-refractivity contribution in [1.82, 2.24) is 4.90 Å². The van der Waals surface area contributed by atoms with Gasteiger partial charge in [-0.15, -0.1) is 0 Å². The quantitative estimate of drug-likeness (QED) is 0.649. The number of carbonyl (C=O) groups is 1. The first kappa shape index (κ1) is 15.2. The third-order valence-corrected chi connectivity index (χ3v) is 2.17. The number of amides is 1. The van der Waals surface area contributed by atoms with Crippen LogP contribution >= 0.6 is 0 Å². The smallest absolute Gasteiger partial charge is 0.410 e. The molecule has 0 aromatic carbocycles. The van der Waals surface area contributed by atoms with Crippen molar-refractivity contribution in [3.63, 3.8) is 0 Å². The van der Waals surface area contributed by atoms with Gasteiger partial charge in [-0.2, -0.15) is 0 Å². The highest BCUT2D eigenvalue weighted by molar-refractivity contribution is 5.68.